The lowest BCUT2D eigenvalue weighted by Gasteiger charge is -2.16. The highest BCUT2D eigenvalue weighted by Crippen LogP contribution is 2.37. The van der Waals surface area contributed by atoms with Gasteiger partial charge in [0.1, 0.15) is 12.4 Å². The number of thiophene rings is 1. The summed E-state index contributed by atoms with van der Waals surface area (Å²) in [5, 5.41) is 9.52. The van der Waals surface area contributed by atoms with E-state index in [2.05, 4.69) is 0 Å². The van der Waals surface area contributed by atoms with Crippen molar-refractivity contribution in [1.29, 1.82) is 0 Å². The Kier molecular flexibility index (Phi) is 5.29. The summed E-state index contributed by atoms with van der Waals surface area (Å²) < 4.78 is 83.3. The highest BCUT2D eigenvalue weighted by atomic mass is 32.1. The zero-order valence-electron chi connectivity index (χ0n) is 13.9. The van der Waals surface area contributed by atoms with Gasteiger partial charge in [0.2, 0.25) is 0 Å². The van der Waals surface area contributed by atoms with Gasteiger partial charge in [-0.2, -0.15) is 26.3 Å². The molecule has 0 unspecified atom stereocenters. The van der Waals surface area contributed by atoms with Crippen LogP contribution in [-0.2, 0) is 19.0 Å². The van der Waals surface area contributed by atoms with Crippen LogP contribution in [0, 0.1) is 0 Å². The summed E-state index contributed by atoms with van der Waals surface area (Å²) in [7, 11) is 0. The summed E-state index contributed by atoms with van der Waals surface area (Å²) in [5.41, 5.74) is -2.31. The molecule has 3 aromatic rings. The maximum Gasteiger partial charge on any atom is 0.416 e. The second-order valence-electron chi connectivity index (χ2n) is 5.82. The smallest absolute Gasteiger partial charge is 0.416 e. The highest BCUT2D eigenvalue weighted by molar-refractivity contribution is 7.17. The first-order chi connectivity index (χ1) is 13.0. The molecule has 28 heavy (non-hydrogen) atoms. The van der Waals surface area contributed by atoms with E-state index < -0.39 is 35.6 Å². The van der Waals surface area contributed by atoms with Crippen molar-refractivity contribution in [2.45, 2.75) is 19.0 Å². The second-order valence-corrected chi connectivity index (χ2v) is 6.88. The van der Waals surface area contributed by atoms with E-state index in [1.54, 1.807) is 18.2 Å². The van der Waals surface area contributed by atoms with Crippen LogP contribution >= 0.6 is 11.3 Å². The number of hydrogen-bond acceptors (Lipinski definition) is 3. The van der Waals surface area contributed by atoms with E-state index >= 15 is 0 Å². The van der Waals surface area contributed by atoms with Gasteiger partial charge in [-0.05, 0) is 48.0 Å². The molecule has 9 heteroatoms. The summed E-state index contributed by atoms with van der Waals surface area (Å²) in [6.07, 6.45) is -9.57. The second kappa shape index (κ2) is 7.38. The molecule has 2 aromatic carbocycles. The van der Waals surface area contributed by atoms with Crippen molar-refractivity contribution >= 4 is 11.3 Å². The van der Waals surface area contributed by atoms with Crippen molar-refractivity contribution < 1.29 is 36.2 Å². The van der Waals surface area contributed by atoms with Gasteiger partial charge in [0.15, 0.2) is 5.06 Å². The van der Waals surface area contributed by atoms with Crippen LogP contribution in [0.4, 0.5) is 26.3 Å². The molecule has 1 heterocycles. The Bertz CT molecular complexity index is 975. The molecule has 0 spiro atoms. The fraction of sp³-hybridized carbons (Fsp3) is 0.158. The van der Waals surface area contributed by atoms with Crippen LogP contribution in [-0.4, -0.2) is 5.11 Å². The quantitative estimate of drug-likeness (QED) is 0.476. The first-order valence-electron chi connectivity index (χ1n) is 7.83. The van der Waals surface area contributed by atoms with Crippen molar-refractivity contribution in [3.05, 3.63) is 71.3 Å². The fourth-order valence-electron chi connectivity index (χ4n) is 2.55. The number of hydrogen-bond donors (Lipinski definition) is 1. The van der Waals surface area contributed by atoms with E-state index in [-0.39, 0.29) is 10.8 Å². The lowest BCUT2D eigenvalue weighted by atomic mass is 10.0. The van der Waals surface area contributed by atoms with Gasteiger partial charge in [0.25, 0.3) is 0 Å². The van der Waals surface area contributed by atoms with Gasteiger partial charge in [-0.15, -0.1) is 0 Å². The number of ether oxygens (including phenoxy) is 1. The van der Waals surface area contributed by atoms with E-state index in [0.717, 1.165) is 11.3 Å². The van der Waals surface area contributed by atoms with Gasteiger partial charge in [0, 0.05) is 10.4 Å². The topological polar surface area (TPSA) is 29.5 Å². The SMILES string of the molecule is Oc1ccc(-c2cccc(OCc3cc(C(F)(F)F)ccc3C(F)(F)F)c2)s1. The number of benzene rings is 2. The van der Waals surface area contributed by atoms with Gasteiger partial charge in [-0.25, -0.2) is 0 Å². The molecule has 0 fully saturated rings. The molecule has 0 saturated carbocycles. The fourth-order valence-corrected chi connectivity index (χ4v) is 3.29. The maximum absolute atomic E-state index is 13.1. The molecule has 3 rings (SSSR count). The molecule has 1 N–H and O–H groups in total. The first-order valence-corrected chi connectivity index (χ1v) is 8.65. The van der Waals surface area contributed by atoms with Crippen molar-refractivity contribution in [3.8, 4) is 21.3 Å². The predicted octanol–water partition coefficient (Wildman–Crippen LogP) is 6.74. The summed E-state index contributed by atoms with van der Waals surface area (Å²) in [4.78, 5) is 0.706. The Hall–Kier alpha value is -2.68. The monoisotopic (exact) mass is 418 g/mol. The number of halogens is 6. The van der Waals surface area contributed by atoms with E-state index in [1.165, 1.54) is 18.2 Å². The maximum atomic E-state index is 13.1. The van der Waals surface area contributed by atoms with Crippen LogP contribution in [0.1, 0.15) is 16.7 Å². The van der Waals surface area contributed by atoms with Crippen LogP contribution in [0.15, 0.2) is 54.6 Å². The Balaban J connectivity index is 1.87. The van der Waals surface area contributed by atoms with Crippen LogP contribution in [0.3, 0.4) is 0 Å². The molecule has 148 valence electrons. The average Bonchev–Trinajstić information content (AvgIpc) is 3.05. The van der Waals surface area contributed by atoms with E-state index in [1.807, 2.05) is 0 Å². The lowest BCUT2D eigenvalue weighted by molar-refractivity contribution is -0.142. The van der Waals surface area contributed by atoms with Gasteiger partial charge < -0.3 is 9.84 Å². The minimum Gasteiger partial charge on any atom is -0.499 e. The molecule has 0 aliphatic rings. The molecule has 2 nitrogen and oxygen atoms in total. The summed E-state index contributed by atoms with van der Waals surface area (Å²) in [6.45, 7) is -0.683. The highest BCUT2D eigenvalue weighted by Gasteiger charge is 2.37. The van der Waals surface area contributed by atoms with E-state index in [0.29, 0.717) is 28.6 Å². The Morgan fingerprint density at radius 1 is 0.857 bits per heavy atom. The number of alkyl halides is 6. The van der Waals surface area contributed by atoms with Crippen molar-refractivity contribution in [3.63, 3.8) is 0 Å². The zero-order chi connectivity index (χ0) is 20.5. The number of rotatable bonds is 4. The van der Waals surface area contributed by atoms with E-state index in [9.17, 15) is 31.4 Å². The van der Waals surface area contributed by atoms with Gasteiger partial charge >= 0.3 is 12.4 Å². The normalized spacial score (nSPS) is 12.2. The van der Waals surface area contributed by atoms with Gasteiger partial charge in [-0.1, -0.05) is 23.5 Å². The summed E-state index contributed by atoms with van der Waals surface area (Å²) >= 11 is 1.10. The third kappa shape index (κ3) is 4.59. The molecule has 1 aromatic heterocycles. The predicted molar refractivity (Wildman–Crippen MR) is 92.2 cm³/mol. The van der Waals surface area contributed by atoms with Crippen molar-refractivity contribution in [2.24, 2.45) is 0 Å². The van der Waals surface area contributed by atoms with Crippen molar-refractivity contribution in [2.75, 3.05) is 0 Å². The largest absolute Gasteiger partial charge is 0.499 e. The third-order valence-corrected chi connectivity index (χ3v) is 4.78. The minimum atomic E-state index is -4.81. The number of aromatic hydroxyl groups is 1. The molecule has 0 saturated heterocycles. The van der Waals surface area contributed by atoms with Crippen LogP contribution in [0.2, 0.25) is 0 Å². The molecule has 0 amide bonds. The zero-order valence-corrected chi connectivity index (χ0v) is 14.8. The molecule has 0 aliphatic heterocycles. The minimum absolute atomic E-state index is 0.0973. The molecular weight excluding hydrogens is 406 g/mol. The first kappa shape index (κ1) is 20.1. The Morgan fingerprint density at radius 3 is 2.21 bits per heavy atom. The van der Waals surface area contributed by atoms with Crippen LogP contribution in [0.25, 0.3) is 10.4 Å². The lowest BCUT2D eigenvalue weighted by Crippen LogP contribution is -2.14. The van der Waals surface area contributed by atoms with Crippen molar-refractivity contribution in [1.82, 2.24) is 0 Å². The van der Waals surface area contributed by atoms with Crippen LogP contribution < -0.4 is 4.74 Å². The Labute approximate surface area is 159 Å². The summed E-state index contributed by atoms with van der Waals surface area (Å²) in [6, 6.07) is 10.7. The average molecular weight is 418 g/mol. The molecular formula is C19H12F6O2S. The summed E-state index contributed by atoms with van der Waals surface area (Å²) in [5.74, 6) is 0.191. The third-order valence-electron chi connectivity index (χ3n) is 3.84. The van der Waals surface area contributed by atoms with Crippen LogP contribution in [0.5, 0.6) is 10.8 Å². The molecule has 0 radical (unpaired) electrons. The van der Waals surface area contributed by atoms with E-state index in [4.69, 9.17) is 4.74 Å². The standard InChI is InChI=1S/C19H12F6O2S/c20-18(21,22)13-4-5-15(19(23,24)25)12(8-13)10-27-14-3-1-2-11(9-14)16-6-7-17(26)28-16/h1-9,26H,10H2. The van der Waals surface area contributed by atoms with Gasteiger partial charge in [0.05, 0.1) is 11.1 Å². The Morgan fingerprint density at radius 2 is 1.61 bits per heavy atom. The van der Waals surface area contributed by atoms with Gasteiger partial charge in [-0.3, -0.25) is 0 Å². The molecule has 0 bridgehead atoms. The molecule has 0 aliphatic carbocycles. The molecule has 0 atom stereocenters.